The predicted octanol–water partition coefficient (Wildman–Crippen LogP) is 2.89. The molecule has 2 heteroatoms. The highest BCUT2D eigenvalue weighted by Gasteiger charge is 2.17. The molecule has 0 saturated heterocycles. The summed E-state index contributed by atoms with van der Waals surface area (Å²) in [6.45, 7) is 5.28. The molecule has 0 spiro atoms. The average molecular weight is 253 g/mol. The Labute approximate surface area is 115 Å². The molecule has 0 saturated carbocycles. The van der Waals surface area contributed by atoms with Crippen LogP contribution in [-0.4, -0.2) is 23.9 Å². The van der Waals surface area contributed by atoms with Gasteiger partial charge in [-0.25, -0.2) is 0 Å². The SMILES string of the molecule is CC#CC(=O)N1CCC=C(c2ccc(CC)cc2)C1. The molecule has 98 valence electrons. The number of nitrogens with zero attached hydrogens (tertiary/aromatic N) is 1. The fourth-order valence-electron chi connectivity index (χ4n) is 2.27. The summed E-state index contributed by atoms with van der Waals surface area (Å²) in [7, 11) is 0. The Morgan fingerprint density at radius 3 is 2.68 bits per heavy atom. The topological polar surface area (TPSA) is 20.3 Å². The van der Waals surface area contributed by atoms with Crippen molar-refractivity contribution < 1.29 is 4.79 Å². The molecule has 1 aliphatic heterocycles. The van der Waals surface area contributed by atoms with Crippen LogP contribution < -0.4 is 0 Å². The minimum Gasteiger partial charge on any atom is -0.327 e. The van der Waals surface area contributed by atoms with Gasteiger partial charge in [-0.05, 0) is 42.4 Å². The molecule has 0 radical (unpaired) electrons. The Kier molecular flexibility index (Phi) is 4.41. The van der Waals surface area contributed by atoms with Crippen LogP contribution in [0.5, 0.6) is 0 Å². The van der Waals surface area contributed by atoms with Crippen molar-refractivity contribution in [1.82, 2.24) is 4.90 Å². The number of hydrogen-bond acceptors (Lipinski definition) is 1. The zero-order valence-corrected chi connectivity index (χ0v) is 11.6. The van der Waals surface area contributed by atoms with Crippen LogP contribution in [0.2, 0.25) is 0 Å². The van der Waals surface area contributed by atoms with Gasteiger partial charge in [-0.2, -0.15) is 0 Å². The maximum absolute atomic E-state index is 11.8. The van der Waals surface area contributed by atoms with Crippen molar-refractivity contribution in [3.05, 3.63) is 41.5 Å². The van der Waals surface area contributed by atoms with E-state index in [2.05, 4.69) is 49.1 Å². The van der Waals surface area contributed by atoms with E-state index in [0.29, 0.717) is 6.54 Å². The van der Waals surface area contributed by atoms with Crippen molar-refractivity contribution in [2.75, 3.05) is 13.1 Å². The van der Waals surface area contributed by atoms with Crippen LogP contribution in [0.4, 0.5) is 0 Å². The number of carbonyl (C=O) groups is 1. The van der Waals surface area contributed by atoms with Gasteiger partial charge in [0.25, 0.3) is 5.91 Å². The van der Waals surface area contributed by atoms with Crippen molar-refractivity contribution in [3.63, 3.8) is 0 Å². The molecule has 1 amide bonds. The van der Waals surface area contributed by atoms with Gasteiger partial charge in [0.1, 0.15) is 0 Å². The Morgan fingerprint density at radius 1 is 1.32 bits per heavy atom. The molecule has 0 atom stereocenters. The third-order valence-corrected chi connectivity index (χ3v) is 3.40. The molecule has 1 heterocycles. The van der Waals surface area contributed by atoms with Gasteiger partial charge < -0.3 is 4.90 Å². The summed E-state index contributed by atoms with van der Waals surface area (Å²) >= 11 is 0. The van der Waals surface area contributed by atoms with Crippen molar-refractivity contribution in [1.29, 1.82) is 0 Å². The minimum absolute atomic E-state index is 0.0710. The maximum Gasteiger partial charge on any atom is 0.298 e. The van der Waals surface area contributed by atoms with E-state index in [4.69, 9.17) is 0 Å². The molecule has 1 aromatic rings. The second kappa shape index (κ2) is 6.24. The summed E-state index contributed by atoms with van der Waals surface area (Å²) in [6.07, 6.45) is 4.18. The van der Waals surface area contributed by atoms with E-state index in [1.165, 1.54) is 16.7 Å². The minimum atomic E-state index is -0.0710. The van der Waals surface area contributed by atoms with Gasteiger partial charge in [0.2, 0.25) is 0 Å². The summed E-state index contributed by atoms with van der Waals surface area (Å²) < 4.78 is 0. The van der Waals surface area contributed by atoms with Gasteiger partial charge in [0.05, 0.1) is 0 Å². The van der Waals surface area contributed by atoms with Crippen LogP contribution in [0.3, 0.4) is 0 Å². The Hall–Kier alpha value is -2.01. The quantitative estimate of drug-likeness (QED) is 0.742. The molecular formula is C17H19NO. The Balaban J connectivity index is 2.13. The summed E-state index contributed by atoms with van der Waals surface area (Å²) in [6, 6.07) is 8.60. The number of hydrogen-bond donors (Lipinski definition) is 0. The predicted molar refractivity (Wildman–Crippen MR) is 78.4 cm³/mol. The molecule has 1 aromatic carbocycles. The van der Waals surface area contributed by atoms with E-state index in [9.17, 15) is 4.79 Å². The number of amides is 1. The van der Waals surface area contributed by atoms with Gasteiger partial charge in [-0.3, -0.25) is 4.79 Å². The smallest absolute Gasteiger partial charge is 0.298 e. The molecule has 0 aromatic heterocycles. The first kappa shape index (κ1) is 13.4. The lowest BCUT2D eigenvalue weighted by Gasteiger charge is -2.25. The van der Waals surface area contributed by atoms with Crippen LogP contribution in [0.1, 0.15) is 31.4 Å². The first-order valence-electron chi connectivity index (χ1n) is 6.74. The summed E-state index contributed by atoms with van der Waals surface area (Å²) in [5.74, 6) is 5.22. The number of carbonyl (C=O) groups excluding carboxylic acids is 1. The van der Waals surface area contributed by atoms with E-state index in [-0.39, 0.29) is 5.91 Å². The third-order valence-electron chi connectivity index (χ3n) is 3.40. The molecule has 0 aliphatic carbocycles. The summed E-state index contributed by atoms with van der Waals surface area (Å²) in [5.41, 5.74) is 3.77. The largest absolute Gasteiger partial charge is 0.327 e. The maximum atomic E-state index is 11.8. The number of benzene rings is 1. The normalized spacial score (nSPS) is 14.4. The molecular weight excluding hydrogens is 234 g/mol. The van der Waals surface area contributed by atoms with Crippen LogP contribution in [0.15, 0.2) is 30.3 Å². The van der Waals surface area contributed by atoms with E-state index in [1.807, 2.05) is 4.90 Å². The monoisotopic (exact) mass is 253 g/mol. The molecule has 19 heavy (non-hydrogen) atoms. The van der Waals surface area contributed by atoms with Crippen LogP contribution >= 0.6 is 0 Å². The highest BCUT2D eigenvalue weighted by molar-refractivity contribution is 5.94. The molecule has 2 rings (SSSR count). The zero-order chi connectivity index (χ0) is 13.7. The van der Waals surface area contributed by atoms with Crippen molar-refractivity contribution in [2.45, 2.75) is 26.7 Å². The van der Waals surface area contributed by atoms with Crippen molar-refractivity contribution in [2.24, 2.45) is 0 Å². The highest BCUT2D eigenvalue weighted by atomic mass is 16.2. The molecule has 0 unspecified atom stereocenters. The van der Waals surface area contributed by atoms with Gasteiger partial charge >= 0.3 is 0 Å². The highest BCUT2D eigenvalue weighted by Crippen LogP contribution is 2.21. The first-order chi connectivity index (χ1) is 9.24. The standard InChI is InChI=1S/C17H19NO/c1-3-6-17(19)18-12-5-7-16(13-18)15-10-8-14(4-2)9-11-15/h7-11H,4-5,12-13H2,1-2H3. The second-order valence-corrected chi connectivity index (χ2v) is 4.67. The van der Waals surface area contributed by atoms with Gasteiger partial charge in [0, 0.05) is 13.1 Å². The molecule has 2 nitrogen and oxygen atoms in total. The Bertz CT molecular complexity index is 543. The lowest BCUT2D eigenvalue weighted by atomic mass is 9.99. The second-order valence-electron chi connectivity index (χ2n) is 4.67. The summed E-state index contributed by atoms with van der Waals surface area (Å²) in [4.78, 5) is 13.6. The van der Waals surface area contributed by atoms with Gasteiger partial charge in [0.15, 0.2) is 0 Å². The fourth-order valence-corrected chi connectivity index (χ4v) is 2.27. The molecule has 0 N–H and O–H groups in total. The van der Waals surface area contributed by atoms with E-state index < -0.39 is 0 Å². The lowest BCUT2D eigenvalue weighted by molar-refractivity contribution is -0.124. The van der Waals surface area contributed by atoms with Crippen LogP contribution in [-0.2, 0) is 11.2 Å². The number of rotatable bonds is 2. The van der Waals surface area contributed by atoms with Crippen molar-refractivity contribution in [3.8, 4) is 11.8 Å². The fraction of sp³-hybridized carbons (Fsp3) is 0.353. The molecule has 1 aliphatic rings. The zero-order valence-electron chi connectivity index (χ0n) is 11.6. The van der Waals surface area contributed by atoms with E-state index in [1.54, 1.807) is 6.92 Å². The first-order valence-corrected chi connectivity index (χ1v) is 6.74. The van der Waals surface area contributed by atoms with E-state index in [0.717, 1.165) is 19.4 Å². The van der Waals surface area contributed by atoms with Crippen molar-refractivity contribution >= 4 is 11.5 Å². The summed E-state index contributed by atoms with van der Waals surface area (Å²) in [5, 5.41) is 0. The molecule has 0 fully saturated rings. The van der Waals surface area contributed by atoms with Gasteiger partial charge in [-0.1, -0.05) is 43.2 Å². The van der Waals surface area contributed by atoms with E-state index >= 15 is 0 Å². The third kappa shape index (κ3) is 3.26. The lowest BCUT2D eigenvalue weighted by Crippen LogP contribution is -2.34. The Morgan fingerprint density at radius 2 is 2.05 bits per heavy atom. The van der Waals surface area contributed by atoms with Crippen LogP contribution in [0.25, 0.3) is 5.57 Å². The van der Waals surface area contributed by atoms with Crippen LogP contribution in [0, 0.1) is 11.8 Å². The molecule has 0 bridgehead atoms. The average Bonchev–Trinajstić information content (AvgIpc) is 2.48. The number of aryl methyl sites for hydroxylation is 1. The van der Waals surface area contributed by atoms with Gasteiger partial charge in [-0.15, -0.1) is 0 Å².